The second-order valence-corrected chi connectivity index (χ2v) is 9.27. The summed E-state index contributed by atoms with van der Waals surface area (Å²) in [5, 5.41) is 2.93. The van der Waals surface area contributed by atoms with Crippen molar-refractivity contribution in [3.05, 3.63) is 53.4 Å². The van der Waals surface area contributed by atoms with Gasteiger partial charge in [-0.25, -0.2) is 4.98 Å². The molecule has 1 N–H and O–H groups in total. The van der Waals surface area contributed by atoms with Crippen LogP contribution in [0.4, 0.5) is 13.2 Å². The van der Waals surface area contributed by atoms with Crippen LogP contribution in [0, 0.1) is 5.92 Å². The Bertz CT molecular complexity index is 1220. The fourth-order valence-corrected chi connectivity index (χ4v) is 5.08. The van der Waals surface area contributed by atoms with E-state index in [0.29, 0.717) is 24.5 Å². The van der Waals surface area contributed by atoms with Crippen LogP contribution in [0.5, 0.6) is 11.5 Å². The number of para-hydroxylation sites is 1. The van der Waals surface area contributed by atoms with Crippen LogP contribution < -0.4 is 14.8 Å². The minimum atomic E-state index is -4.53. The first kappa shape index (κ1) is 23.5. The molecule has 0 spiro atoms. The highest BCUT2D eigenvalue weighted by Crippen LogP contribution is 2.38. The molecule has 35 heavy (non-hydrogen) atoms. The summed E-state index contributed by atoms with van der Waals surface area (Å²) in [7, 11) is 1.61. The average Bonchev–Trinajstić information content (AvgIpc) is 3.49. The van der Waals surface area contributed by atoms with Gasteiger partial charge in [0.25, 0.3) is 0 Å². The van der Waals surface area contributed by atoms with Crippen molar-refractivity contribution in [3.8, 4) is 11.5 Å². The molecule has 0 radical (unpaired) electrons. The number of carbonyl (C=O) groups excluding carboxylic acids is 1. The Kier molecular flexibility index (Phi) is 6.34. The van der Waals surface area contributed by atoms with Crippen molar-refractivity contribution < 1.29 is 31.9 Å². The molecule has 2 aliphatic rings. The van der Waals surface area contributed by atoms with Crippen LogP contribution >= 0.6 is 0 Å². The molecular formula is C26H27F3N2O4. The Morgan fingerprint density at radius 1 is 1.14 bits per heavy atom. The summed E-state index contributed by atoms with van der Waals surface area (Å²) in [6, 6.07) is 9.55. The molecule has 5 rings (SSSR count). The van der Waals surface area contributed by atoms with E-state index >= 15 is 0 Å². The second-order valence-electron chi connectivity index (χ2n) is 9.27. The van der Waals surface area contributed by atoms with Gasteiger partial charge in [0, 0.05) is 24.8 Å². The number of benzene rings is 2. The van der Waals surface area contributed by atoms with Gasteiger partial charge in [-0.1, -0.05) is 12.1 Å². The predicted octanol–water partition coefficient (Wildman–Crippen LogP) is 5.64. The van der Waals surface area contributed by atoms with Gasteiger partial charge in [0.2, 0.25) is 5.91 Å². The Hall–Kier alpha value is -3.23. The summed E-state index contributed by atoms with van der Waals surface area (Å²) in [4.78, 5) is 16.7. The SMILES string of the molecule is COc1ccc([C@H]2CNC(=O)[C@H](Cc3nc4c(C(F)(F)F)cccc4o3)C2)cc1OC1CCCC1. The molecule has 2 heterocycles. The summed E-state index contributed by atoms with van der Waals surface area (Å²) in [6.45, 7) is 0.469. The zero-order valence-corrected chi connectivity index (χ0v) is 19.4. The Morgan fingerprint density at radius 3 is 2.69 bits per heavy atom. The third-order valence-corrected chi connectivity index (χ3v) is 6.91. The number of hydrogen-bond acceptors (Lipinski definition) is 5. The van der Waals surface area contributed by atoms with E-state index in [-0.39, 0.29) is 41.3 Å². The van der Waals surface area contributed by atoms with E-state index in [4.69, 9.17) is 13.9 Å². The predicted molar refractivity (Wildman–Crippen MR) is 122 cm³/mol. The van der Waals surface area contributed by atoms with Gasteiger partial charge in [0.1, 0.15) is 5.52 Å². The highest BCUT2D eigenvalue weighted by Gasteiger charge is 2.35. The zero-order valence-electron chi connectivity index (χ0n) is 19.4. The van der Waals surface area contributed by atoms with Crippen LogP contribution in [0.2, 0.25) is 0 Å². The standard InChI is InChI=1S/C26H27F3N2O4/c1-33-20-10-9-15(12-22(20)34-18-5-2-3-6-18)17-11-16(25(32)30-14-17)13-23-31-24-19(26(27,28)29)7-4-8-21(24)35-23/h4,7-10,12,16-18H,2-3,5-6,11,13-14H2,1H3,(H,30,32)/t16-,17+/m0/s1. The monoisotopic (exact) mass is 488 g/mol. The molecule has 1 amide bonds. The van der Waals surface area contributed by atoms with Crippen LogP contribution in [0.25, 0.3) is 11.1 Å². The lowest BCUT2D eigenvalue weighted by atomic mass is 9.83. The minimum absolute atomic E-state index is 0.0182. The number of ether oxygens (including phenoxy) is 2. The first-order chi connectivity index (χ1) is 16.8. The fourth-order valence-electron chi connectivity index (χ4n) is 5.08. The average molecular weight is 489 g/mol. The molecule has 2 atom stereocenters. The van der Waals surface area contributed by atoms with Crippen LogP contribution in [0.3, 0.4) is 0 Å². The van der Waals surface area contributed by atoms with Gasteiger partial charge >= 0.3 is 6.18 Å². The normalized spacial score (nSPS) is 21.3. The summed E-state index contributed by atoms with van der Waals surface area (Å²) in [5.74, 6) is 0.878. The van der Waals surface area contributed by atoms with E-state index in [1.54, 1.807) is 7.11 Å². The number of hydrogen-bond donors (Lipinski definition) is 1. The molecular weight excluding hydrogens is 461 g/mol. The third-order valence-electron chi connectivity index (χ3n) is 6.91. The van der Waals surface area contributed by atoms with Crippen molar-refractivity contribution in [1.29, 1.82) is 0 Å². The number of halogens is 3. The van der Waals surface area contributed by atoms with E-state index in [1.165, 1.54) is 12.1 Å². The third kappa shape index (κ3) is 4.94. The number of nitrogens with one attached hydrogen (secondary N) is 1. The maximum Gasteiger partial charge on any atom is 0.418 e. The summed E-state index contributed by atoms with van der Waals surface area (Å²) in [5.41, 5.74) is 0.00259. The van der Waals surface area contributed by atoms with Crippen molar-refractivity contribution >= 4 is 17.0 Å². The van der Waals surface area contributed by atoms with E-state index in [9.17, 15) is 18.0 Å². The van der Waals surface area contributed by atoms with E-state index in [1.807, 2.05) is 18.2 Å². The molecule has 2 aromatic carbocycles. The first-order valence-corrected chi connectivity index (χ1v) is 11.9. The van der Waals surface area contributed by atoms with Gasteiger partial charge in [-0.2, -0.15) is 13.2 Å². The molecule has 186 valence electrons. The van der Waals surface area contributed by atoms with Gasteiger partial charge in [0.15, 0.2) is 23.0 Å². The number of fused-ring (bicyclic) bond motifs is 1. The number of nitrogens with zero attached hydrogens (tertiary/aromatic N) is 1. The lowest BCUT2D eigenvalue weighted by molar-refractivity contribution is -0.136. The lowest BCUT2D eigenvalue weighted by Gasteiger charge is -2.29. The van der Waals surface area contributed by atoms with Gasteiger partial charge in [0.05, 0.1) is 18.8 Å². The van der Waals surface area contributed by atoms with Crippen LogP contribution in [-0.4, -0.2) is 30.6 Å². The molecule has 0 bridgehead atoms. The number of alkyl halides is 3. The van der Waals surface area contributed by atoms with Crippen molar-refractivity contribution in [2.45, 2.75) is 56.7 Å². The molecule has 6 nitrogen and oxygen atoms in total. The summed E-state index contributed by atoms with van der Waals surface area (Å²) < 4.78 is 57.3. The molecule has 0 unspecified atom stereocenters. The maximum absolute atomic E-state index is 13.3. The van der Waals surface area contributed by atoms with Gasteiger partial charge < -0.3 is 19.2 Å². The largest absolute Gasteiger partial charge is 0.493 e. The number of amides is 1. The quantitative estimate of drug-likeness (QED) is 0.486. The van der Waals surface area contributed by atoms with Gasteiger partial charge in [-0.05, 0) is 61.9 Å². The number of carbonyl (C=O) groups is 1. The molecule has 1 saturated heterocycles. The molecule has 1 aliphatic carbocycles. The highest BCUT2D eigenvalue weighted by molar-refractivity contribution is 5.80. The van der Waals surface area contributed by atoms with Gasteiger partial charge in [-0.3, -0.25) is 4.79 Å². The molecule has 2 fully saturated rings. The molecule has 1 aliphatic heterocycles. The zero-order chi connectivity index (χ0) is 24.6. The fraction of sp³-hybridized carbons (Fsp3) is 0.462. The summed E-state index contributed by atoms with van der Waals surface area (Å²) in [6.07, 6.45) is 0.645. The van der Waals surface area contributed by atoms with E-state index in [2.05, 4.69) is 10.3 Å². The second kappa shape index (κ2) is 9.43. The summed E-state index contributed by atoms with van der Waals surface area (Å²) >= 11 is 0. The number of piperidine rings is 1. The molecule has 3 aromatic rings. The molecule has 9 heteroatoms. The van der Waals surface area contributed by atoms with E-state index < -0.39 is 17.7 Å². The Labute approximate surface area is 200 Å². The van der Waals surface area contributed by atoms with Crippen molar-refractivity contribution in [1.82, 2.24) is 10.3 Å². The Morgan fingerprint density at radius 2 is 1.94 bits per heavy atom. The van der Waals surface area contributed by atoms with Crippen molar-refractivity contribution in [3.63, 3.8) is 0 Å². The first-order valence-electron chi connectivity index (χ1n) is 11.9. The number of aromatic nitrogens is 1. The number of rotatable bonds is 6. The minimum Gasteiger partial charge on any atom is -0.493 e. The number of oxazole rings is 1. The van der Waals surface area contributed by atoms with Gasteiger partial charge in [-0.15, -0.1) is 0 Å². The van der Waals surface area contributed by atoms with Crippen LogP contribution in [0.15, 0.2) is 40.8 Å². The maximum atomic E-state index is 13.3. The van der Waals surface area contributed by atoms with E-state index in [0.717, 1.165) is 37.3 Å². The van der Waals surface area contributed by atoms with Crippen molar-refractivity contribution in [2.24, 2.45) is 5.92 Å². The van der Waals surface area contributed by atoms with Crippen LogP contribution in [0.1, 0.15) is 55.0 Å². The number of methoxy groups -OCH3 is 1. The topological polar surface area (TPSA) is 73.6 Å². The smallest absolute Gasteiger partial charge is 0.418 e. The molecule has 1 aromatic heterocycles. The Balaban J connectivity index is 1.35. The molecule has 1 saturated carbocycles. The van der Waals surface area contributed by atoms with Crippen molar-refractivity contribution in [2.75, 3.05) is 13.7 Å². The van der Waals surface area contributed by atoms with Crippen LogP contribution in [-0.2, 0) is 17.4 Å². The lowest BCUT2D eigenvalue weighted by Crippen LogP contribution is -2.41. The highest BCUT2D eigenvalue weighted by atomic mass is 19.4.